The molecule has 0 aliphatic carbocycles. The van der Waals surface area contributed by atoms with Crippen molar-refractivity contribution in [3.63, 3.8) is 0 Å². The number of nitrogens with zero attached hydrogens (tertiary/aromatic N) is 1. The Morgan fingerprint density at radius 2 is 2.00 bits per heavy atom. The summed E-state index contributed by atoms with van der Waals surface area (Å²) in [6.45, 7) is 7.89. The summed E-state index contributed by atoms with van der Waals surface area (Å²) in [5, 5.41) is 2.83. The van der Waals surface area contributed by atoms with Crippen molar-refractivity contribution in [2.75, 3.05) is 6.54 Å². The van der Waals surface area contributed by atoms with Crippen molar-refractivity contribution in [1.29, 1.82) is 0 Å². The van der Waals surface area contributed by atoms with Gasteiger partial charge in [-0.3, -0.25) is 9.59 Å². The lowest BCUT2D eigenvalue weighted by Gasteiger charge is -2.24. The molecule has 1 N–H and O–H groups in total. The normalized spacial score (nSPS) is 10.4. The average Bonchev–Trinajstić information content (AvgIpc) is 2.32. The molecule has 0 aromatic heterocycles. The molecule has 0 aliphatic heterocycles. The summed E-state index contributed by atoms with van der Waals surface area (Å²) in [4.78, 5) is 24.7. The van der Waals surface area contributed by atoms with Crippen LogP contribution in [0.5, 0.6) is 0 Å². The van der Waals surface area contributed by atoms with Gasteiger partial charge in [-0.15, -0.1) is 0 Å². The zero-order valence-electron chi connectivity index (χ0n) is 12.1. The Hall–Kier alpha value is -1.84. The lowest BCUT2D eigenvalue weighted by Crippen LogP contribution is -2.43. The van der Waals surface area contributed by atoms with Crippen LogP contribution in [0, 0.1) is 6.92 Å². The highest BCUT2D eigenvalue weighted by atomic mass is 16.2. The molecule has 0 unspecified atom stereocenters. The molecule has 1 rings (SSSR count). The molecule has 0 spiro atoms. The maximum atomic E-state index is 11.8. The highest BCUT2D eigenvalue weighted by Gasteiger charge is 2.16. The average molecular weight is 262 g/mol. The van der Waals surface area contributed by atoms with Crippen LogP contribution in [0.3, 0.4) is 0 Å². The van der Waals surface area contributed by atoms with E-state index in [1.807, 2.05) is 45.0 Å². The molecule has 0 saturated heterocycles. The molecule has 0 aliphatic rings. The molecule has 0 bridgehead atoms. The first kappa shape index (κ1) is 15.2. The van der Waals surface area contributed by atoms with E-state index in [2.05, 4.69) is 5.32 Å². The van der Waals surface area contributed by atoms with Crippen molar-refractivity contribution in [3.8, 4) is 0 Å². The van der Waals surface area contributed by atoms with Crippen LogP contribution in [-0.4, -0.2) is 29.3 Å². The number of nitrogens with one attached hydrogen (secondary N) is 1. The highest BCUT2D eigenvalue weighted by molar-refractivity contribution is 5.83. The summed E-state index contributed by atoms with van der Waals surface area (Å²) in [5.41, 5.74) is 2.23. The maximum absolute atomic E-state index is 11.8. The van der Waals surface area contributed by atoms with Gasteiger partial charge in [0.15, 0.2) is 0 Å². The predicted octanol–water partition coefficient (Wildman–Crippen LogP) is 1.87. The number of hydrogen-bond acceptors (Lipinski definition) is 2. The third-order valence-corrected chi connectivity index (χ3v) is 2.91. The van der Waals surface area contributed by atoms with Gasteiger partial charge in [0.1, 0.15) is 0 Å². The molecule has 0 saturated carbocycles. The van der Waals surface area contributed by atoms with E-state index in [0.717, 1.165) is 5.56 Å². The van der Waals surface area contributed by atoms with E-state index in [-0.39, 0.29) is 24.4 Å². The zero-order valence-corrected chi connectivity index (χ0v) is 12.1. The molecule has 1 aromatic rings. The molecular weight excluding hydrogens is 240 g/mol. The monoisotopic (exact) mass is 262 g/mol. The summed E-state index contributed by atoms with van der Waals surface area (Å²) < 4.78 is 0. The fourth-order valence-electron chi connectivity index (χ4n) is 1.89. The van der Waals surface area contributed by atoms with E-state index < -0.39 is 0 Å². The van der Waals surface area contributed by atoms with Crippen LogP contribution < -0.4 is 5.32 Å². The molecule has 2 amide bonds. The van der Waals surface area contributed by atoms with Crippen LogP contribution in [0.4, 0.5) is 0 Å². The summed E-state index contributed by atoms with van der Waals surface area (Å²) >= 11 is 0. The zero-order chi connectivity index (χ0) is 14.4. The molecule has 0 heterocycles. The second-order valence-electron chi connectivity index (χ2n) is 5.01. The first-order valence-electron chi connectivity index (χ1n) is 6.49. The summed E-state index contributed by atoms with van der Waals surface area (Å²) in [6.07, 6.45) is 0. The minimum absolute atomic E-state index is 0.0298. The number of hydrogen-bond donors (Lipinski definition) is 1. The Morgan fingerprint density at radius 1 is 1.32 bits per heavy atom. The van der Waals surface area contributed by atoms with Crippen LogP contribution in [0.15, 0.2) is 24.3 Å². The van der Waals surface area contributed by atoms with Crippen molar-refractivity contribution in [2.45, 2.75) is 40.3 Å². The molecule has 4 nitrogen and oxygen atoms in total. The third kappa shape index (κ3) is 5.12. The summed E-state index contributed by atoms with van der Waals surface area (Å²) in [6, 6.07) is 8.01. The molecule has 4 heteroatoms. The lowest BCUT2D eigenvalue weighted by molar-refractivity contribution is -0.136. The second kappa shape index (κ2) is 6.92. The van der Waals surface area contributed by atoms with Gasteiger partial charge in [-0.1, -0.05) is 29.8 Å². The van der Waals surface area contributed by atoms with Crippen LogP contribution in [-0.2, 0) is 16.1 Å². The first-order chi connectivity index (χ1) is 8.90. The van der Waals surface area contributed by atoms with Gasteiger partial charge in [-0.05, 0) is 26.3 Å². The van der Waals surface area contributed by atoms with E-state index >= 15 is 0 Å². The van der Waals surface area contributed by atoms with Gasteiger partial charge in [0.25, 0.3) is 0 Å². The third-order valence-electron chi connectivity index (χ3n) is 2.91. The van der Waals surface area contributed by atoms with E-state index in [0.29, 0.717) is 6.54 Å². The fraction of sp³-hybridized carbons (Fsp3) is 0.467. The van der Waals surface area contributed by atoms with Crippen LogP contribution in [0.2, 0.25) is 0 Å². The number of rotatable bonds is 5. The predicted molar refractivity (Wildman–Crippen MR) is 75.5 cm³/mol. The number of aryl methyl sites for hydroxylation is 1. The Morgan fingerprint density at radius 3 is 2.53 bits per heavy atom. The van der Waals surface area contributed by atoms with Gasteiger partial charge in [-0.2, -0.15) is 0 Å². The smallest absolute Gasteiger partial charge is 0.239 e. The number of carbonyl (C=O) groups is 2. The van der Waals surface area contributed by atoms with Crippen molar-refractivity contribution < 1.29 is 9.59 Å². The number of amides is 2. The van der Waals surface area contributed by atoms with Gasteiger partial charge >= 0.3 is 0 Å². The van der Waals surface area contributed by atoms with E-state index in [9.17, 15) is 9.59 Å². The fourth-order valence-corrected chi connectivity index (χ4v) is 1.89. The molecule has 1 aromatic carbocycles. The van der Waals surface area contributed by atoms with Crippen molar-refractivity contribution in [3.05, 3.63) is 35.4 Å². The second-order valence-corrected chi connectivity index (χ2v) is 5.01. The Bertz CT molecular complexity index is 455. The lowest BCUT2D eigenvalue weighted by atomic mass is 10.1. The van der Waals surface area contributed by atoms with Crippen LogP contribution in [0.25, 0.3) is 0 Å². The molecule has 19 heavy (non-hydrogen) atoms. The Balaban J connectivity index is 2.49. The molecular formula is C15H22N2O2. The van der Waals surface area contributed by atoms with Crippen molar-refractivity contribution >= 4 is 11.8 Å². The van der Waals surface area contributed by atoms with Gasteiger partial charge in [-0.25, -0.2) is 0 Å². The van der Waals surface area contributed by atoms with Crippen molar-refractivity contribution in [2.24, 2.45) is 0 Å². The number of benzene rings is 1. The van der Waals surface area contributed by atoms with E-state index in [1.54, 1.807) is 4.90 Å². The van der Waals surface area contributed by atoms with Gasteiger partial charge < -0.3 is 10.2 Å². The highest BCUT2D eigenvalue weighted by Crippen LogP contribution is 2.03. The standard InChI is InChI=1S/C15H22N2O2/c1-11(2)17(13(4)18)10-15(19)16-9-14-7-5-6-12(3)8-14/h5-8,11H,9-10H2,1-4H3,(H,16,19). The van der Waals surface area contributed by atoms with Gasteiger partial charge in [0.2, 0.25) is 11.8 Å². The number of carbonyl (C=O) groups excluding carboxylic acids is 2. The molecule has 104 valence electrons. The van der Waals surface area contributed by atoms with Gasteiger partial charge in [0, 0.05) is 19.5 Å². The SMILES string of the molecule is CC(=O)N(CC(=O)NCc1cccc(C)c1)C(C)C. The van der Waals surface area contributed by atoms with Gasteiger partial charge in [0.05, 0.1) is 6.54 Å². The first-order valence-corrected chi connectivity index (χ1v) is 6.49. The van der Waals surface area contributed by atoms with Crippen LogP contribution >= 0.6 is 0 Å². The summed E-state index contributed by atoms with van der Waals surface area (Å²) in [5.74, 6) is -0.217. The largest absolute Gasteiger partial charge is 0.350 e. The topological polar surface area (TPSA) is 49.4 Å². The van der Waals surface area contributed by atoms with E-state index in [4.69, 9.17) is 0 Å². The van der Waals surface area contributed by atoms with Crippen molar-refractivity contribution in [1.82, 2.24) is 10.2 Å². The summed E-state index contributed by atoms with van der Waals surface area (Å²) in [7, 11) is 0. The van der Waals surface area contributed by atoms with Crippen LogP contribution in [0.1, 0.15) is 31.9 Å². The molecule has 0 radical (unpaired) electrons. The Labute approximate surface area is 114 Å². The minimum atomic E-state index is -0.134. The maximum Gasteiger partial charge on any atom is 0.239 e. The molecule has 0 fully saturated rings. The quantitative estimate of drug-likeness (QED) is 0.880. The minimum Gasteiger partial charge on any atom is -0.350 e. The molecule has 0 atom stereocenters. The van der Waals surface area contributed by atoms with E-state index in [1.165, 1.54) is 12.5 Å². The Kier molecular flexibility index (Phi) is 5.55.